The van der Waals surface area contributed by atoms with Gasteiger partial charge in [-0.2, -0.15) is 0 Å². The minimum absolute atomic E-state index is 0.151. The molecule has 0 saturated heterocycles. The fourth-order valence-corrected chi connectivity index (χ4v) is 1.63. The Bertz CT molecular complexity index is 383. The maximum Gasteiger partial charge on any atom is 0.314 e. The predicted octanol–water partition coefficient (Wildman–Crippen LogP) is 2.78. The Morgan fingerprint density at radius 1 is 1.39 bits per heavy atom. The molecule has 18 heavy (non-hydrogen) atoms. The minimum atomic E-state index is -0.151. The Labute approximate surface area is 116 Å². The van der Waals surface area contributed by atoms with Gasteiger partial charge in [-0.1, -0.05) is 35.8 Å². The van der Waals surface area contributed by atoms with Crippen molar-refractivity contribution in [3.63, 3.8) is 0 Å². The molecule has 0 bridgehead atoms. The summed E-state index contributed by atoms with van der Waals surface area (Å²) in [4.78, 5) is 11.3. The fourth-order valence-electron chi connectivity index (χ4n) is 1.25. The van der Waals surface area contributed by atoms with E-state index in [-0.39, 0.29) is 6.03 Å². The molecular formula is C13H19BrN2O2. The molecule has 0 aliphatic heterocycles. The normalized spacial score (nSPS) is 10.2. The monoisotopic (exact) mass is 314 g/mol. The molecule has 0 unspecified atom stereocenters. The van der Waals surface area contributed by atoms with Gasteiger partial charge in [0.05, 0.1) is 6.54 Å². The molecule has 2 N–H and O–H groups in total. The first kappa shape index (κ1) is 14.8. The van der Waals surface area contributed by atoms with Gasteiger partial charge in [-0.05, 0) is 24.1 Å². The fraction of sp³-hybridized carbons (Fsp3) is 0.462. The van der Waals surface area contributed by atoms with E-state index in [0.717, 1.165) is 10.2 Å². The van der Waals surface area contributed by atoms with Crippen molar-refractivity contribution in [2.45, 2.75) is 13.8 Å². The zero-order valence-electron chi connectivity index (χ0n) is 10.7. The molecule has 1 aromatic rings. The number of amides is 2. The average molecular weight is 315 g/mol. The molecule has 5 heteroatoms. The van der Waals surface area contributed by atoms with E-state index >= 15 is 0 Å². The van der Waals surface area contributed by atoms with E-state index in [1.165, 1.54) is 0 Å². The van der Waals surface area contributed by atoms with Crippen molar-refractivity contribution >= 4 is 22.0 Å². The van der Waals surface area contributed by atoms with E-state index in [0.29, 0.717) is 25.6 Å². The maximum atomic E-state index is 11.3. The Morgan fingerprint density at radius 2 is 2.17 bits per heavy atom. The lowest BCUT2D eigenvalue weighted by atomic mass is 10.2. The standard InChI is InChI=1S/C13H19BrN2O2/c1-10(2)9-16-13(17)15-6-7-18-12-5-3-4-11(14)8-12/h3-5,8,10H,6-7,9H2,1-2H3,(H2,15,16,17). The molecule has 0 saturated carbocycles. The number of nitrogens with one attached hydrogen (secondary N) is 2. The van der Waals surface area contributed by atoms with Crippen LogP contribution in [-0.4, -0.2) is 25.7 Å². The van der Waals surface area contributed by atoms with E-state index in [1.54, 1.807) is 0 Å². The van der Waals surface area contributed by atoms with Gasteiger partial charge in [0.25, 0.3) is 0 Å². The molecule has 4 nitrogen and oxygen atoms in total. The number of carbonyl (C=O) groups excluding carboxylic acids is 1. The largest absolute Gasteiger partial charge is 0.492 e. The van der Waals surface area contributed by atoms with Crippen molar-refractivity contribution in [3.8, 4) is 5.75 Å². The summed E-state index contributed by atoms with van der Waals surface area (Å²) in [5.74, 6) is 1.24. The van der Waals surface area contributed by atoms with Crippen molar-refractivity contribution in [3.05, 3.63) is 28.7 Å². The number of hydrogen-bond donors (Lipinski definition) is 2. The van der Waals surface area contributed by atoms with Gasteiger partial charge in [0.15, 0.2) is 0 Å². The van der Waals surface area contributed by atoms with E-state index in [2.05, 4.69) is 40.4 Å². The van der Waals surface area contributed by atoms with Crippen LogP contribution < -0.4 is 15.4 Å². The van der Waals surface area contributed by atoms with Crippen LogP contribution in [0.15, 0.2) is 28.7 Å². The highest BCUT2D eigenvalue weighted by Gasteiger charge is 2.00. The third kappa shape index (κ3) is 6.49. The van der Waals surface area contributed by atoms with Crippen molar-refractivity contribution in [1.82, 2.24) is 10.6 Å². The summed E-state index contributed by atoms with van der Waals surface area (Å²) < 4.78 is 6.46. The molecule has 0 radical (unpaired) electrons. The van der Waals surface area contributed by atoms with Crippen molar-refractivity contribution in [2.75, 3.05) is 19.7 Å². The average Bonchev–Trinajstić information content (AvgIpc) is 2.32. The predicted molar refractivity (Wildman–Crippen MR) is 75.9 cm³/mol. The molecule has 1 rings (SSSR count). The van der Waals surface area contributed by atoms with Crippen LogP contribution in [0.3, 0.4) is 0 Å². The van der Waals surface area contributed by atoms with Gasteiger partial charge in [0.2, 0.25) is 0 Å². The van der Waals surface area contributed by atoms with Gasteiger partial charge in [-0.25, -0.2) is 4.79 Å². The van der Waals surface area contributed by atoms with E-state index in [4.69, 9.17) is 4.74 Å². The zero-order valence-corrected chi connectivity index (χ0v) is 12.3. The summed E-state index contributed by atoms with van der Waals surface area (Å²) in [5.41, 5.74) is 0. The third-order valence-corrected chi connectivity index (χ3v) is 2.62. The van der Waals surface area contributed by atoms with Crippen molar-refractivity contribution in [1.29, 1.82) is 0 Å². The van der Waals surface area contributed by atoms with Crippen LogP contribution in [0.4, 0.5) is 4.79 Å². The number of rotatable bonds is 6. The summed E-state index contributed by atoms with van der Waals surface area (Å²) in [5, 5.41) is 5.51. The molecule has 0 heterocycles. The summed E-state index contributed by atoms with van der Waals surface area (Å²) in [7, 11) is 0. The molecule has 2 amide bonds. The van der Waals surface area contributed by atoms with E-state index in [9.17, 15) is 4.79 Å². The second kappa shape index (κ2) is 7.97. The van der Waals surface area contributed by atoms with Crippen LogP contribution in [-0.2, 0) is 0 Å². The molecule has 0 aromatic heterocycles. The Morgan fingerprint density at radius 3 is 2.83 bits per heavy atom. The van der Waals surface area contributed by atoms with Crippen LogP contribution in [0.5, 0.6) is 5.75 Å². The lowest BCUT2D eigenvalue weighted by molar-refractivity contribution is 0.235. The second-order valence-electron chi connectivity index (χ2n) is 4.34. The van der Waals surface area contributed by atoms with Gasteiger partial charge < -0.3 is 15.4 Å². The highest BCUT2D eigenvalue weighted by Crippen LogP contribution is 2.17. The summed E-state index contributed by atoms with van der Waals surface area (Å²) in [6, 6.07) is 7.45. The molecule has 0 atom stereocenters. The topological polar surface area (TPSA) is 50.4 Å². The number of hydrogen-bond acceptors (Lipinski definition) is 2. The quantitative estimate of drug-likeness (QED) is 0.793. The van der Waals surface area contributed by atoms with Crippen LogP contribution in [0, 0.1) is 5.92 Å². The molecule has 0 aliphatic rings. The van der Waals surface area contributed by atoms with Gasteiger partial charge in [-0.3, -0.25) is 0 Å². The number of urea groups is 1. The summed E-state index contributed by atoms with van der Waals surface area (Å²) >= 11 is 3.37. The number of carbonyl (C=O) groups is 1. The molecule has 1 aromatic carbocycles. The zero-order chi connectivity index (χ0) is 13.4. The summed E-state index contributed by atoms with van der Waals surface area (Å²) in [6.45, 7) is 5.72. The first-order valence-corrected chi connectivity index (χ1v) is 6.77. The van der Waals surface area contributed by atoms with Crippen molar-refractivity contribution < 1.29 is 9.53 Å². The number of halogens is 1. The lowest BCUT2D eigenvalue weighted by Gasteiger charge is -2.10. The lowest BCUT2D eigenvalue weighted by Crippen LogP contribution is -2.39. The van der Waals surface area contributed by atoms with Crippen LogP contribution >= 0.6 is 15.9 Å². The van der Waals surface area contributed by atoms with Crippen LogP contribution in [0.2, 0.25) is 0 Å². The highest BCUT2D eigenvalue weighted by molar-refractivity contribution is 9.10. The van der Waals surface area contributed by atoms with Crippen LogP contribution in [0.1, 0.15) is 13.8 Å². The van der Waals surface area contributed by atoms with E-state index < -0.39 is 0 Å². The molecule has 100 valence electrons. The van der Waals surface area contributed by atoms with Crippen LogP contribution in [0.25, 0.3) is 0 Å². The molecule has 0 spiro atoms. The van der Waals surface area contributed by atoms with Gasteiger partial charge >= 0.3 is 6.03 Å². The number of benzene rings is 1. The Kier molecular flexibility index (Phi) is 6.57. The molecule has 0 fully saturated rings. The Balaban J connectivity index is 2.13. The third-order valence-electron chi connectivity index (χ3n) is 2.12. The first-order valence-electron chi connectivity index (χ1n) is 5.98. The number of ether oxygens (including phenoxy) is 1. The van der Waals surface area contributed by atoms with Gasteiger partial charge in [-0.15, -0.1) is 0 Å². The Hall–Kier alpha value is -1.23. The second-order valence-corrected chi connectivity index (χ2v) is 5.25. The summed E-state index contributed by atoms with van der Waals surface area (Å²) in [6.07, 6.45) is 0. The van der Waals surface area contributed by atoms with E-state index in [1.807, 2.05) is 24.3 Å². The SMILES string of the molecule is CC(C)CNC(=O)NCCOc1cccc(Br)c1. The minimum Gasteiger partial charge on any atom is -0.492 e. The van der Waals surface area contributed by atoms with Crippen molar-refractivity contribution in [2.24, 2.45) is 5.92 Å². The van der Waals surface area contributed by atoms with Gasteiger partial charge in [0.1, 0.15) is 12.4 Å². The molecular weight excluding hydrogens is 296 g/mol. The highest BCUT2D eigenvalue weighted by atomic mass is 79.9. The maximum absolute atomic E-state index is 11.3. The molecule has 0 aliphatic carbocycles. The first-order chi connectivity index (χ1) is 8.58. The van der Waals surface area contributed by atoms with Gasteiger partial charge in [0, 0.05) is 11.0 Å². The smallest absolute Gasteiger partial charge is 0.314 e.